The molecule has 0 fully saturated rings. The molecule has 1 unspecified atom stereocenters. The van der Waals surface area contributed by atoms with Crippen LogP contribution >= 0.6 is 27.3 Å². The van der Waals surface area contributed by atoms with Gasteiger partial charge in [0.1, 0.15) is 0 Å². The minimum Gasteiger partial charge on any atom is -0.393 e. The van der Waals surface area contributed by atoms with Crippen LogP contribution in [0.25, 0.3) is 0 Å². The van der Waals surface area contributed by atoms with E-state index in [4.69, 9.17) is 0 Å². The summed E-state index contributed by atoms with van der Waals surface area (Å²) in [6, 6.07) is 2.06. The summed E-state index contributed by atoms with van der Waals surface area (Å²) in [5.41, 5.74) is 0. The van der Waals surface area contributed by atoms with E-state index >= 15 is 0 Å². The minimum absolute atomic E-state index is 0.180. The first-order chi connectivity index (χ1) is 5.22. The molecule has 1 N–H and O–H groups in total. The Labute approximate surface area is 79.2 Å². The lowest BCUT2D eigenvalue weighted by atomic mass is 10.2. The van der Waals surface area contributed by atoms with Crippen molar-refractivity contribution in [3.8, 4) is 0 Å². The maximum Gasteiger partial charge on any atom is 0.0585 e. The molecule has 0 aromatic carbocycles. The van der Waals surface area contributed by atoms with Crippen LogP contribution in [0, 0.1) is 0 Å². The average molecular weight is 235 g/mol. The number of halogens is 1. The van der Waals surface area contributed by atoms with Crippen molar-refractivity contribution < 1.29 is 5.11 Å². The van der Waals surface area contributed by atoms with Gasteiger partial charge in [0.25, 0.3) is 0 Å². The maximum atomic E-state index is 9.31. The largest absolute Gasteiger partial charge is 0.393 e. The van der Waals surface area contributed by atoms with Gasteiger partial charge in [-0.1, -0.05) is 6.92 Å². The molecule has 1 heterocycles. The maximum absolute atomic E-state index is 9.31. The van der Waals surface area contributed by atoms with Crippen LogP contribution in [0.15, 0.2) is 15.9 Å². The summed E-state index contributed by atoms with van der Waals surface area (Å²) in [5.74, 6) is 0. The topological polar surface area (TPSA) is 20.2 Å². The van der Waals surface area contributed by atoms with Gasteiger partial charge in [-0.15, -0.1) is 11.3 Å². The van der Waals surface area contributed by atoms with E-state index in [1.54, 1.807) is 11.3 Å². The summed E-state index contributed by atoms with van der Waals surface area (Å²) in [7, 11) is 0. The highest BCUT2D eigenvalue weighted by molar-refractivity contribution is 9.10. The van der Waals surface area contributed by atoms with Crippen LogP contribution in [-0.4, -0.2) is 11.2 Å². The van der Waals surface area contributed by atoms with E-state index in [1.807, 2.05) is 12.3 Å². The Balaban J connectivity index is 2.50. The molecule has 62 valence electrons. The zero-order valence-corrected chi connectivity index (χ0v) is 8.78. The Bertz CT molecular complexity index is 222. The number of thiophene rings is 1. The summed E-state index contributed by atoms with van der Waals surface area (Å²) in [5, 5.41) is 11.4. The number of rotatable bonds is 3. The molecule has 11 heavy (non-hydrogen) atoms. The van der Waals surface area contributed by atoms with E-state index in [0.29, 0.717) is 0 Å². The van der Waals surface area contributed by atoms with Crippen molar-refractivity contribution in [2.24, 2.45) is 0 Å². The van der Waals surface area contributed by atoms with Gasteiger partial charge < -0.3 is 5.11 Å². The molecule has 1 rings (SSSR count). The van der Waals surface area contributed by atoms with Crippen molar-refractivity contribution in [1.29, 1.82) is 0 Å². The Hall–Kier alpha value is 0.140. The summed E-state index contributed by atoms with van der Waals surface area (Å²) in [6.07, 6.45) is 1.43. The minimum atomic E-state index is -0.180. The molecular weight excluding hydrogens is 224 g/mol. The average Bonchev–Trinajstić information content (AvgIpc) is 2.35. The first-order valence-corrected chi connectivity index (χ1v) is 5.30. The van der Waals surface area contributed by atoms with E-state index in [0.717, 1.165) is 17.3 Å². The number of hydrogen-bond acceptors (Lipinski definition) is 2. The van der Waals surface area contributed by atoms with Crippen LogP contribution in [0.4, 0.5) is 0 Å². The molecule has 0 aliphatic carbocycles. The fourth-order valence-electron chi connectivity index (χ4n) is 0.837. The summed E-state index contributed by atoms with van der Waals surface area (Å²) in [4.78, 5) is 1.24. The van der Waals surface area contributed by atoms with Crippen LogP contribution in [0.1, 0.15) is 18.2 Å². The predicted molar refractivity (Wildman–Crippen MR) is 52.0 cm³/mol. The second kappa shape index (κ2) is 4.24. The molecule has 0 saturated heterocycles. The van der Waals surface area contributed by atoms with Crippen molar-refractivity contribution >= 4 is 27.3 Å². The van der Waals surface area contributed by atoms with E-state index < -0.39 is 0 Å². The van der Waals surface area contributed by atoms with Gasteiger partial charge in [0.15, 0.2) is 0 Å². The third-order valence-corrected chi connectivity index (χ3v) is 3.25. The molecule has 0 saturated carbocycles. The van der Waals surface area contributed by atoms with E-state index in [-0.39, 0.29) is 6.10 Å². The molecule has 3 heteroatoms. The molecule has 0 radical (unpaired) electrons. The zero-order chi connectivity index (χ0) is 8.27. The monoisotopic (exact) mass is 234 g/mol. The Morgan fingerprint density at radius 2 is 2.45 bits per heavy atom. The second-order valence-corrected chi connectivity index (χ2v) is 4.41. The molecule has 0 spiro atoms. The van der Waals surface area contributed by atoms with Gasteiger partial charge in [-0.25, -0.2) is 0 Å². The first-order valence-electron chi connectivity index (χ1n) is 3.63. The number of aliphatic hydroxyl groups is 1. The highest BCUT2D eigenvalue weighted by Crippen LogP contribution is 2.21. The Morgan fingerprint density at radius 1 is 1.73 bits per heavy atom. The zero-order valence-electron chi connectivity index (χ0n) is 6.38. The second-order valence-electron chi connectivity index (χ2n) is 2.50. The van der Waals surface area contributed by atoms with Gasteiger partial charge in [-0.2, -0.15) is 0 Å². The van der Waals surface area contributed by atoms with Gasteiger partial charge in [-0.05, 0) is 28.4 Å². The highest BCUT2D eigenvalue weighted by Gasteiger charge is 2.04. The molecule has 1 nitrogen and oxygen atoms in total. The lowest BCUT2D eigenvalue weighted by Gasteiger charge is -2.03. The van der Waals surface area contributed by atoms with Crippen LogP contribution in [0.2, 0.25) is 0 Å². The smallest absolute Gasteiger partial charge is 0.0585 e. The van der Waals surface area contributed by atoms with E-state index in [1.165, 1.54) is 4.88 Å². The Morgan fingerprint density at radius 3 is 2.91 bits per heavy atom. The van der Waals surface area contributed by atoms with Gasteiger partial charge >= 0.3 is 0 Å². The fourth-order valence-corrected chi connectivity index (χ4v) is 2.36. The molecule has 1 aromatic rings. The molecular formula is C8H11BrOS. The summed E-state index contributed by atoms with van der Waals surface area (Å²) >= 11 is 5.06. The summed E-state index contributed by atoms with van der Waals surface area (Å²) < 4.78 is 1.11. The van der Waals surface area contributed by atoms with Gasteiger partial charge in [0.2, 0.25) is 0 Å². The third-order valence-electron chi connectivity index (χ3n) is 1.53. The first kappa shape index (κ1) is 9.23. The standard InChI is InChI=1S/C8H11BrOS/c1-2-7(10)4-8-3-6(9)5-11-8/h3,5,7,10H,2,4H2,1H3. The lowest BCUT2D eigenvalue weighted by Crippen LogP contribution is -2.06. The predicted octanol–water partition coefficient (Wildman–Crippen LogP) is 2.82. The van der Waals surface area contributed by atoms with Crippen LogP contribution in [0.3, 0.4) is 0 Å². The molecule has 0 aliphatic rings. The van der Waals surface area contributed by atoms with Gasteiger partial charge in [-0.3, -0.25) is 0 Å². The molecule has 0 amide bonds. The van der Waals surface area contributed by atoms with E-state index in [2.05, 4.69) is 22.0 Å². The van der Waals surface area contributed by atoms with Gasteiger partial charge in [0, 0.05) is 21.2 Å². The normalized spacial score (nSPS) is 13.4. The van der Waals surface area contributed by atoms with Gasteiger partial charge in [0.05, 0.1) is 6.10 Å². The van der Waals surface area contributed by atoms with Crippen molar-refractivity contribution in [2.75, 3.05) is 0 Å². The lowest BCUT2D eigenvalue weighted by molar-refractivity contribution is 0.171. The van der Waals surface area contributed by atoms with Crippen molar-refractivity contribution in [2.45, 2.75) is 25.9 Å². The fraction of sp³-hybridized carbons (Fsp3) is 0.500. The summed E-state index contributed by atoms with van der Waals surface area (Å²) in [6.45, 7) is 1.99. The quantitative estimate of drug-likeness (QED) is 0.854. The number of hydrogen-bond donors (Lipinski definition) is 1. The van der Waals surface area contributed by atoms with Crippen LogP contribution in [-0.2, 0) is 6.42 Å². The molecule has 0 aliphatic heterocycles. The highest BCUT2D eigenvalue weighted by atomic mass is 79.9. The third kappa shape index (κ3) is 2.93. The SMILES string of the molecule is CCC(O)Cc1cc(Br)cs1. The molecule has 1 aromatic heterocycles. The molecule has 1 atom stereocenters. The Kier molecular flexibility index (Phi) is 3.55. The van der Waals surface area contributed by atoms with Crippen molar-refractivity contribution in [3.05, 3.63) is 20.8 Å². The number of aliphatic hydroxyl groups excluding tert-OH is 1. The van der Waals surface area contributed by atoms with E-state index in [9.17, 15) is 5.11 Å². The molecule has 0 bridgehead atoms. The van der Waals surface area contributed by atoms with Crippen LogP contribution < -0.4 is 0 Å². The van der Waals surface area contributed by atoms with Crippen LogP contribution in [0.5, 0.6) is 0 Å². The van der Waals surface area contributed by atoms with Crippen molar-refractivity contribution in [3.63, 3.8) is 0 Å². The van der Waals surface area contributed by atoms with Crippen molar-refractivity contribution in [1.82, 2.24) is 0 Å².